The number of nitrogens with one attached hydrogen (secondary N) is 1. The minimum atomic E-state index is 0.420. The summed E-state index contributed by atoms with van der Waals surface area (Å²) in [6.07, 6.45) is 0. The first-order chi connectivity index (χ1) is 9.25. The molecule has 1 aromatic heterocycles. The fourth-order valence-corrected chi connectivity index (χ4v) is 2.58. The third kappa shape index (κ3) is 2.50. The van der Waals surface area contributed by atoms with E-state index in [1.54, 1.807) is 0 Å². The van der Waals surface area contributed by atoms with Gasteiger partial charge in [-0.05, 0) is 34.7 Å². The quantitative estimate of drug-likeness (QED) is 0.658. The molecule has 5 heteroatoms. The SMILES string of the molecule is Clc1nnc(Nc2ccccc2I)c2ccccc12. The first-order valence-electron chi connectivity index (χ1n) is 5.68. The molecule has 1 heterocycles. The number of anilines is 2. The maximum absolute atomic E-state index is 6.06. The molecule has 0 amide bonds. The number of rotatable bonds is 2. The van der Waals surface area contributed by atoms with Gasteiger partial charge >= 0.3 is 0 Å². The molecule has 0 aliphatic carbocycles. The van der Waals surface area contributed by atoms with Gasteiger partial charge in [0, 0.05) is 14.3 Å². The third-order valence-corrected chi connectivity index (χ3v) is 3.99. The maximum atomic E-state index is 6.06. The first kappa shape index (κ1) is 12.6. The van der Waals surface area contributed by atoms with Crippen molar-refractivity contribution < 1.29 is 0 Å². The Hall–Kier alpha value is -1.40. The number of hydrogen-bond donors (Lipinski definition) is 1. The molecule has 0 saturated carbocycles. The molecule has 0 atom stereocenters. The van der Waals surface area contributed by atoms with E-state index in [2.05, 4.69) is 38.1 Å². The Kier molecular flexibility index (Phi) is 3.52. The molecule has 0 spiro atoms. The van der Waals surface area contributed by atoms with Gasteiger partial charge in [-0.15, -0.1) is 10.2 Å². The molecule has 0 fully saturated rings. The lowest BCUT2D eigenvalue weighted by atomic mass is 10.2. The summed E-state index contributed by atoms with van der Waals surface area (Å²) < 4.78 is 1.13. The molecule has 3 rings (SSSR count). The highest BCUT2D eigenvalue weighted by Gasteiger charge is 2.08. The lowest BCUT2D eigenvalue weighted by Gasteiger charge is -2.10. The zero-order valence-corrected chi connectivity index (χ0v) is 12.7. The van der Waals surface area contributed by atoms with Crippen molar-refractivity contribution >= 4 is 56.5 Å². The van der Waals surface area contributed by atoms with Crippen molar-refractivity contribution in [2.24, 2.45) is 0 Å². The van der Waals surface area contributed by atoms with Gasteiger partial charge in [-0.25, -0.2) is 0 Å². The summed E-state index contributed by atoms with van der Waals surface area (Å²) in [4.78, 5) is 0. The smallest absolute Gasteiger partial charge is 0.161 e. The number of benzene rings is 2. The Labute approximate surface area is 129 Å². The minimum Gasteiger partial charge on any atom is -0.337 e. The van der Waals surface area contributed by atoms with E-state index in [4.69, 9.17) is 11.6 Å². The summed E-state index contributed by atoms with van der Waals surface area (Å²) in [5.41, 5.74) is 1.00. The van der Waals surface area contributed by atoms with Crippen LogP contribution in [0.5, 0.6) is 0 Å². The number of hydrogen-bond acceptors (Lipinski definition) is 3. The monoisotopic (exact) mass is 381 g/mol. The number of halogens is 2. The molecular formula is C14H9ClIN3. The number of fused-ring (bicyclic) bond motifs is 1. The highest BCUT2D eigenvalue weighted by atomic mass is 127. The maximum Gasteiger partial charge on any atom is 0.161 e. The second kappa shape index (κ2) is 5.30. The largest absolute Gasteiger partial charge is 0.337 e. The minimum absolute atomic E-state index is 0.420. The molecule has 0 radical (unpaired) electrons. The Morgan fingerprint density at radius 2 is 1.58 bits per heavy atom. The molecule has 1 N–H and O–H groups in total. The van der Waals surface area contributed by atoms with Crippen molar-refractivity contribution in [3.63, 3.8) is 0 Å². The lowest BCUT2D eigenvalue weighted by Crippen LogP contribution is -1.98. The van der Waals surface area contributed by atoms with Gasteiger partial charge in [-0.1, -0.05) is 48.0 Å². The molecule has 3 aromatic rings. The van der Waals surface area contributed by atoms with Crippen molar-refractivity contribution in [2.75, 3.05) is 5.32 Å². The summed E-state index contributed by atoms with van der Waals surface area (Å²) in [6.45, 7) is 0. The second-order valence-electron chi connectivity index (χ2n) is 3.99. The molecule has 19 heavy (non-hydrogen) atoms. The van der Waals surface area contributed by atoms with E-state index in [9.17, 15) is 0 Å². The van der Waals surface area contributed by atoms with E-state index in [-0.39, 0.29) is 0 Å². The molecule has 0 aliphatic heterocycles. The van der Waals surface area contributed by atoms with E-state index in [1.807, 2.05) is 48.5 Å². The highest BCUT2D eigenvalue weighted by molar-refractivity contribution is 14.1. The average Bonchev–Trinajstić information content (AvgIpc) is 2.44. The highest BCUT2D eigenvalue weighted by Crippen LogP contribution is 2.29. The van der Waals surface area contributed by atoms with Crippen LogP contribution in [0.1, 0.15) is 0 Å². The van der Waals surface area contributed by atoms with Crippen molar-refractivity contribution in [3.05, 3.63) is 57.3 Å². The Morgan fingerprint density at radius 3 is 2.37 bits per heavy atom. The molecule has 0 unspecified atom stereocenters. The third-order valence-electron chi connectivity index (χ3n) is 2.77. The van der Waals surface area contributed by atoms with E-state index >= 15 is 0 Å². The second-order valence-corrected chi connectivity index (χ2v) is 5.51. The van der Waals surface area contributed by atoms with Crippen molar-refractivity contribution in [1.82, 2.24) is 10.2 Å². The van der Waals surface area contributed by atoms with Crippen LogP contribution < -0.4 is 5.32 Å². The number of nitrogens with zero attached hydrogens (tertiary/aromatic N) is 2. The van der Waals surface area contributed by atoms with Crippen LogP contribution in [0.3, 0.4) is 0 Å². The van der Waals surface area contributed by atoms with E-state index < -0.39 is 0 Å². The van der Waals surface area contributed by atoms with E-state index in [1.165, 1.54) is 0 Å². The van der Waals surface area contributed by atoms with Gasteiger partial charge in [-0.3, -0.25) is 0 Å². The van der Waals surface area contributed by atoms with Gasteiger partial charge in [0.25, 0.3) is 0 Å². The van der Waals surface area contributed by atoms with Crippen LogP contribution >= 0.6 is 34.2 Å². The summed E-state index contributed by atoms with van der Waals surface area (Å²) in [7, 11) is 0. The van der Waals surface area contributed by atoms with E-state index in [0.717, 1.165) is 20.0 Å². The molecular weight excluding hydrogens is 373 g/mol. The van der Waals surface area contributed by atoms with Crippen LogP contribution in [0.15, 0.2) is 48.5 Å². The zero-order valence-electron chi connectivity index (χ0n) is 9.77. The van der Waals surface area contributed by atoms with Crippen LogP contribution in [-0.4, -0.2) is 10.2 Å². The van der Waals surface area contributed by atoms with Crippen LogP contribution in [0.2, 0.25) is 5.15 Å². The summed E-state index contributed by atoms with van der Waals surface area (Å²) in [6, 6.07) is 15.8. The normalized spacial score (nSPS) is 10.6. The fraction of sp³-hybridized carbons (Fsp3) is 0. The summed E-state index contributed by atoms with van der Waals surface area (Å²) in [5, 5.41) is 13.7. The molecule has 0 aliphatic rings. The summed E-state index contributed by atoms with van der Waals surface area (Å²) >= 11 is 8.34. The van der Waals surface area contributed by atoms with Gasteiger partial charge in [0.15, 0.2) is 11.0 Å². The average molecular weight is 382 g/mol. The Bertz CT molecular complexity index is 746. The predicted molar refractivity (Wildman–Crippen MR) is 87.0 cm³/mol. The standard InChI is InChI=1S/C14H9ClIN3/c15-13-9-5-1-2-6-10(9)14(19-18-13)17-12-8-4-3-7-11(12)16/h1-8H,(H,17,19). The molecule has 94 valence electrons. The van der Waals surface area contributed by atoms with Crippen LogP contribution in [0.4, 0.5) is 11.5 Å². The number of para-hydroxylation sites is 1. The van der Waals surface area contributed by atoms with Crippen LogP contribution in [0.25, 0.3) is 10.8 Å². The van der Waals surface area contributed by atoms with Crippen molar-refractivity contribution in [3.8, 4) is 0 Å². The first-order valence-corrected chi connectivity index (χ1v) is 7.14. The van der Waals surface area contributed by atoms with Crippen LogP contribution in [0, 0.1) is 3.57 Å². The molecule has 0 bridgehead atoms. The van der Waals surface area contributed by atoms with Crippen molar-refractivity contribution in [1.29, 1.82) is 0 Å². The van der Waals surface area contributed by atoms with Gasteiger partial charge in [0.2, 0.25) is 0 Å². The van der Waals surface area contributed by atoms with Gasteiger partial charge in [0.05, 0.1) is 5.69 Å². The van der Waals surface area contributed by atoms with Crippen LogP contribution in [-0.2, 0) is 0 Å². The van der Waals surface area contributed by atoms with Gasteiger partial charge < -0.3 is 5.32 Å². The van der Waals surface area contributed by atoms with Gasteiger partial charge in [0.1, 0.15) is 0 Å². The predicted octanol–water partition coefficient (Wildman–Crippen LogP) is 4.63. The fourth-order valence-electron chi connectivity index (χ4n) is 1.85. The topological polar surface area (TPSA) is 37.8 Å². The lowest BCUT2D eigenvalue weighted by molar-refractivity contribution is 1.05. The Morgan fingerprint density at radius 1 is 0.895 bits per heavy atom. The Balaban J connectivity index is 2.12. The van der Waals surface area contributed by atoms with E-state index in [0.29, 0.717) is 11.0 Å². The molecule has 2 aromatic carbocycles. The summed E-state index contributed by atoms with van der Waals surface area (Å²) in [5.74, 6) is 0.712. The molecule has 0 saturated heterocycles. The van der Waals surface area contributed by atoms with Gasteiger partial charge in [-0.2, -0.15) is 0 Å². The zero-order chi connectivity index (χ0) is 13.2. The number of aromatic nitrogens is 2. The van der Waals surface area contributed by atoms with Crippen molar-refractivity contribution in [2.45, 2.75) is 0 Å². The molecule has 3 nitrogen and oxygen atoms in total.